The number of nitrogens with one attached hydrogen (secondary N) is 1. The monoisotopic (exact) mass is 221 g/mol. The first-order valence-electron chi connectivity index (χ1n) is 5.08. The molecule has 0 fully saturated rings. The molecule has 0 aliphatic heterocycles. The third-order valence-electron chi connectivity index (χ3n) is 2.21. The van der Waals surface area contributed by atoms with Crippen LogP contribution in [0.5, 0.6) is 0 Å². The Bertz CT molecular complexity index is 177. The topological polar surface area (TPSA) is 49.3 Å². The molecule has 0 heterocycles. The van der Waals surface area contributed by atoms with Gasteiger partial charge in [0.25, 0.3) is 0 Å². The van der Waals surface area contributed by atoms with Crippen molar-refractivity contribution in [2.75, 3.05) is 19.3 Å². The van der Waals surface area contributed by atoms with Crippen LogP contribution in [0.1, 0.15) is 33.6 Å². The van der Waals surface area contributed by atoms with Crippen LogP contribution in [0.15, 0.2) is 0 Å². The molecule has 2 atom stereocenters. The van der Waals surface area contributed by atoms with E-state index in [9.17, 15) is 9.32 Å². The van der Waals surface area contributed by atoms with E-state index < -0.39 is 16.4 Å². The Balaban J connectivity index is 3.35. The summed E-state index contributed by atoms with van der Waals surface area (Å²) in [6.07, 6.45) is 3.41. The molecule has 86 valence electrons. The molecule has 0 saturated carbocycles. The molecule has 0 amide bonds. The third kappa shape index (κ3) is 8.66. The number of hydrogen-bond donors (Lipinski definition) is 2. The predicted octanol–water partition coefficient (Wildman–Crippen LogP) is 0.894. The van der Waals surface area contributed by atoms with Gasteiger partial charge in [-0.2, -0.15) is 0 Å². The van der Waals surface area contributed by atoms with E-state index in [-0.39, 0.29) is 5.25 Å². The van der Waals surface area contributed by atoms with Crippen LogP contribution in [-0.2, 0) is 10.8 Å². The lowest BCUT2D eigenvalue weighted by atomic mass is 10.1. The number of hydrogen-bond acceptors (Lipinski definition) is 3. The van der Waals surface area contributed by atoms with Gasteiger partial charge in [-0.1, -0.05) is 6.92 Å². The van der Waals surface area contributed by atoms with Gasteiger partial charge in [0.05, 0.1) is 5.60 Å². The van der Waals surface area contributed by atoms with Crippen LogP contribution in [-0.4, -0.2) is 39.5 Å². The molecule has 0 aromatic heterocycles. The summed E-state index contributed by atoms with van der Waals surface area (Å²) in [5, 5.41) is 12.9. The molecular formula is C10H23NO2S. The zero-order valence-electron chi connectivity index (χ0n) is 9.67. The van der Waals surface area contributed by atoms with E-state index in [1.54, 1.807) is 20.1 Å². The van der Waals surface area contributed by atoms with Crippen molar-refractivity contribution >= 4 is 10.8 Å². The maximum Gasteiger partial charge on any atom is 0.0603 e. The largest absolute Gasteiger partial charge is 0.390 e. The van der Waals surface area contributed by atoms with Crippen LogP contribution < -0.4 is 5.32 Å². The summed E-state index contributed by atoms with van der Waals surface area (Å²) in [6, 6.07) is 0. The zero-order chi connectivity index (χ0) is 11.2. The van der Waals surface area contributed by atoms with Gasteiger partial charge in [-0.05, 0) is 39.8 Å². The van der Waals surface area contributed by atoms with Crippen molar-refractivity contribution in [2.24, 2.45) is 0 Å². The minimum absolute atomic E-state index is 0.254. The normalized spacial score (nSPS) is 16.6. The first kappa shape index (κ1) is 14.1. The molecule has 2 unspecified atom stereocenters. The molecule has 0 spiro atoms. The highest BCUT2D eigenvalue weighted by molar-refractivity contribution is 7.84. The lowest BCUT2D eigenvalue weighted by molar-refractivity contribution is 0.0712. The molecule has 14 heavy (non-hydrogen) atoms. The summed E-state index contributed by atoms with van der Waals surface area (Å²) in [7, 11) is -0.722. The Morgan fingerprint density at radius 1 is 1.43 bits per heavy atom. The molecule has 0 aromatic rings. The summed E-state index contributed by atoms with van der Waals surface area (Å²) in [4.78, 5) is 0. The Kier molecular flexibility index (Phi) is 6.57. The highest BCUT2D eigenvalue weighted by Gasteiger charge is 2.11. The molecule has 0 saturated heterocycles. The van der Waals surface area contributed by atoms with Gasteiger partial charge in [-0.25, -0.2) is 0 Å². The van der Waals surface area contributed by atoms with E-state index in [2.05, 4.69) is 5.32 Å². The van der Waals surface area contributed by atoms with Crippen LogP contribution >= 0.6 is 0 Å². The van der Waals surface area contributed by atoms with E-state index in [0.29, 0.717) is 0 Å². The Morgan fingerprint density at radius 3 is 2.43 bits per heavy atom. The minimum Gasteiger partial charge on any atom is -0.390 e. The van der Waals surface area contributed by atoms with Gasteiger partial charge in [-0.3, -0.25) is 4.21 Å². The van der Waals surface area contributed by atoms with Crippen LogP contribution in [0.25, 0.3) is 0 Å². The van der Waals surface area contributed by atoms with E-state index >= 15 is 0 Å². The molecule has 0 radical (unpaired) electrons. The quantitative estimate of drug-likeness (QED) is 0.628. The van der Waals surface area contributed by atoms with Gasteiger partial charge < -0.3 is 10.4 Å². The SMILES string of the molecule is CC(CCNCCC(C)(C)O)S(C)=O. The van der Waals surface area contributed by atoms with Crippen LogP contribution in [0.2, 0.25) is 0 Å². The fraction of sp³-hybridized carbons (Fsp3) is 1.00. The van der Waals surface area contributed by atoms with Gasteiger partial charge in [-0.15, -0.1) is 0 Å². The average Bonchev–Trinajstić information content (AvgIpc) is 2.01. The molecule has 3 nitrogen and oxygen atoms in total. The van der Waals surface area contributed by atoms with E-state index in [1.165, 1.54) is 0 Å². The van der Waals surface area contributed by atoms with Crippen molar-refractivity contribution in [3.63, 3.8) is 0 Å². The van der Waals surface area contributed by atoms with Gasteiger partial charge in [0, 0.05) is 22.3 Å². The lowest BCUT2D eigenvalue weighted by Gasteiger charge is -2.17. The van der Waals surface area contributed by atoms with E-state index in [0.717, 1.165) is 25.9 Å². The summed E-state index contributed by atoms with van der Waals surface area (Å²) >= 11 is 0. The lowest BCUT2D eigenvalue weighted by Crippen LogP contribution is -2.28. The van der Waals surface area contributed by atoms with Gasteiger partial charge >= 0.3 is 0 Å². The first-order chi connectivity index (χ1) is 6.33. The van der Waals surface area contributed by atoms with Crippen LogP contribution in [0.3, 0.4) is 0 Å². The van der Waals surface area contributed by atoms with Crippen molar-refractivity contribution in [2.45, 2.75) is 44.5 Å². The molecule has 0 aliphatic carbocycles. The summed E-state index contributed by atoms with van der Waals surface area (Å²) in [5.41, 5.74) is -0.591. The van der Waals surface area contributed by atoms with Gasteiger partial charge in [0.2, 0.25) is 0 Å². The molecule has 0 rings (SSSR count). The first-order valence-corrected chi connectivity index (χ1v) is 6.70. The summed E-state index contributed by atoms with van der Waals surface area (Å²) in [5.74, 6) is 0. The highest BCUT2D eigenvalue weighted by Crippen LogP contribution is 2.05. The van der Waals surface area contributed by atoms with Crippen molar-refractivity contribution < 1.29 is 9.32 Å². The maximum absolute atomic E-state index is 11.0. The van der Waals surface area contributed by atoms with Crippen LogP contribution in [0.4, 0.5) is 0 Å². The second-order valence-corrected chi connectivity index (χ2v) is 6.21. The second-order valence-electron chi connectivity index (χ2n) is 4.41. The highest BCUT2D eigenvalue weighted by atomic mass is 32.2. The number of rotatable bonds is 7. The molecule has 0 bridgehead atoms. The molecular weight excluding hydrogens is 198 g/mol. The molecule has 0 aliphatic rings. The van der Waals surface area contributed by atoms with E-state index in [4.69, 9.17) is 0 Å². The zero-order valence-corrected chi connectivity index (χ0v) is 10.5. The van der Waals surface area contributed by atoms with Crippen molar-refractivity contribution in [3.8, 4) is 0 Å². The van der Waals surface area contributed by atoms with Crippen molar-refractivity contribution in [3.05, 3.63) is 0 Å². The van der Waals surface area contributed by atoms with E-state index in [1.807, 2.05) is 6.92 Å². The standard InChI is InChI=1S/C10H23NO2S/c1-9(14(4)13)5-7-11-8-6-10(2,3)12/h9,11-12H,5-8H2,1-4H3. The maximum atomic E-state index is 11.0. The Hall–Kier alpha value is 0.0700. The third-order valence-corrected chi connectivity index (χ3v) is 3.58. The van der Waals surface area contributed by atoms with Crippen LogP contribution in [0, 0.1) is 0 Å². The van der Waals surface area contributed by atoms with Gasteiger partial charge in [0.1, 0.15) is 0 Å². The Morgan fingerprint density at radius 2 is 2.00 bits per heavy atom. The predicted molar refractivity (Wildman–Crippen MR) is 61.9 cm³/mol. The smallest absolute Gasteiger partial charge is 0.0603 e. The molecule has 0 aromatic carbocycles. The van der Waals surface area contributed by atoms with Gasteiger partial charge in [0.15, 0.2) is 0 Å². The fourth-order valence-electron chi connectivity index (χ4n) is 0.991. The number of aliphatic hydroxyl groups is 1. The molecule has 4 heteroatoms. The van der Waals surface area contributed by atoms with Crippen molar-refractivity contribution in [1.29, 1.82) is 0 Å². The average molecular weight is 221 g/mol. The molecule has 2 N–H and O–H groups in total. The van der Waals surface area contributed by atoms with Crippen molar-refractivity contribution in [1.82, 2.24) is 5.32 Å². The minimum atomic E-state index is -0.722. The fourth-order valence-corrected chi connectivity index (χ4v) is 1.44. The second kappa shape index (κ2) is 6.53. The Labute approximate surface area is 89.7 Å². The summed E-state index contributed by atoms with van der Waals surface area (Å²) in [6.45, 7) is 7.29. The summed E-state index contributed by atoms with van der Waals surface area (Å²) < 4.78 is 11.0.